The first-order valence-electron chi connectivity index (χ1n) is 12.0. The standard InChI is InChI=1S/C29H29ClN2O2/c1-18-27(31)32-29(34-18)26-15-21(23-13-24(30)16-25(14-23)33-2)7-8-22(26)17-28(29)11-9-19-5-3-4-6-20(19)10-12-28/h3-8,13-16,18H,9-12,17H2,1-2H3,(H2,31,32). The van der Waals surface area contributed by atoms with E-state index in [1.165, 1.54) is 16.7 Å². The minimum Gasteiger partial charge on any atom is -0.497 e. The van der Waals surface area contributed by atoms with Gasteiger partial charge in [-0.05, 0) is 91.1 Å². The number of methoxy groups -OCH3 is 1. The highest BCUT2D eigenvalue weighted by atomic mass is 35.5. The van der Waals surface area contributed by atoms with E-state index in [-0.39, 0.29) is 11.5 Å². The van der Waals surface area contributed by atoms with Crippen LogP contribution in [0.15, 0.2) is 65.7 Å². The molecule has 0 fully saturated rings. The Morgan fingerprint density at radius 2 is 1.71 bits per heavy atom. The van der Waals surface area contributed by atoms with E-state index in [1.807, 2.05) is 25.1 Å². The van der Waals surface area contributed by atoms with Gasteiger partial charge in [-0.15, -0.1) is 0 Å². The Morgan fingerprint density at radius 1 is 0.971 bits per heavy atom. The van der Waals surface area contributed by atoms with Gasteiger partial charge in [-0.1, -0.05) is 48.0 Å². The van der Waals surface area contributed by atoms with Crippen LogP contribution in [0.1, 0.15) is 42.0 Å². The van der Waals surface area contributed by atoms with Crippen molar-refractivity contribution in [2.75, 3.05) is 7.11 Å². The van der Waals surface area contributed by atoms with Gasteiger partial charge < -0.3 is 15.2 Å². The maximum atomic E-state index is 6.78. The number of amidine groups is 1. The number of nitrogens with two attached hydrogens (primary N) is 1. The van der Waals surface area contributed by atoms with Crippen molar-refractivity contribution >= 4 is 17.4 Å². The summed E-state index contributed by atoms with van der Waals surface area (Å²) in [5.74, 6) is 1.33. The highest BCUT2D eigenvalue weighted by Crippen LogP contribution is 2.61. The van der Waals surface area contributed by atoms with Crippen molar-refractivity contribution < 1.29 is 9.47 Å². The van der Waals surface area contributed by atoms with E-state index >= 15 is 0 Å². The molecule has 1 aliphatic heterocycles. The Hall–Kier alpha value is -2.82. The number of nitrogens with zero attached hydrogens (tertiary/aromatic N) is 1. The van der Waals surface area contributed by atoms with Crippen LogP contribution >= 0.6 is 11.6 Å². The summed E-state index contributed by atoms with van der Waals surface area (Å²) >= 11 is 6.39. The van der Waals surface area contributed by atoms with Gasteiger partial charge in [-0.3, -0.25) is 0 Å². The quantitative estimate of drug-likeness (QED) is 0.492. The molecular weight excluding hydrogens is 444 g/mol. The monoisotopic (exact) mass is 472 g/mol. The van der Waals surface area contributed by atoms with Gasteiger partial charge in [-0.2, -0.15) is 0 Å². The van der Waals surface area contributed by atoms with Gasteiger partial charge in [0.2, 0.25) is 0 Å². The molecule has 2 spiro atoms. The van der Waals surface area contributed by atoms with Crippen LogP contribution in [0, 0.1) is 5.41 Å². The molecule has 3 aliphatic rings. The molecule has 5 heteroatoms. The zero-order valence-corrected chi connectivity index (χ0v) is 20.4. The van der Waals surface area contributed by atoms with Crippen LogP contribution in [0.5, 0.6) is 5.75 Å². The summed E-state index contributed by atoms with van der Waals surface area (Å²) in [6, 6.07) is 21.3. The van der Waals surface area contributed by atoms with Crippen LogP contribution in [-0.4, -0.2) is 19.0 Å². The number of fused-ring (bicyclic) bond motifs is 4. The number of aliphatic imine (C=N–C) groups is 1. The lowest BCUT2D eigenvalue weighted by Gasteiger charge is -2.41. The molecular formula is C29H29ClN2O2. The summed E-state index contributed by atoms with van der Waals surface area (Å²) in [4.78, 5) is 5.13. The van der Waals surface area contributed by atoms with Crippen LogP contribution in [0.2, 0.25) is 5.02 Å². The molecule has 2 N–H and O–H groups in total. The molecule has 0 saturated heterocycles. The lowest BCUT2D eigenvalue weighted by atomic mass is 9.71. The van der Waals surface area contributed by atoms with Crippen molar-refractivity contribution in [3.63, 3.8) is 0 Å². The number of halogens is 1. The second-order valence-electron chi connectivity index (χ2n) is 9.92. The highest BCUT2D eigenvalue weighted by Gasteiger charge is 2.62. The fourth-order valence-corrected chi connectivity index (χ4v) is 6.48. The molecule has 6 rings (SSSR count). The van der Waals surface area contributed by atoms with Crippen LogP contribution in [0.3, 0.4) is 0 Å². The maximum Gasteiger partial charge on any atom is 0.193 e. The van der Waals surface area contributed by atoms with E-state index in [1.54, 1.807) is 7.11 Å². The van der Waals surface area contributed by atoms with Gasteiger partial charge in [0.1, 0.15) is 17.7 Å². The predicted octanol–water partition coefficient (Wildman–Crippen LogP) is 6.07. The SMILES string of the molecule is COc1cc(Cl)cc(-c2ccc3c(c2)C2(N=C(N)C(C)O2)C2(CCc4ccccc4CC2)C3)c1. The fraction of sp³-hybridized carbons (Fsp3) is 0.345. The van der Waals surface area contributed by atoms with Gasteiger partial charge in [0.15, 0.2) is 5.72 Å². The van der Waals surface area contributed by atoms with Crippen LogP contribution in [0.25, 0.3) is 11.1 Å². The molecule has 174 valence electrons. The van der Waals surface area contributed by atoms with E-state index in [4.69, 9.17) is 31.8 Å². The summed E-state index contributed by atoms with van der Waals surface area (Å²) in [7, 11) is 1.66. The molecule has 0 amide bonds. The Balaban J connectivity index is 1.48. The van der Waals surface area contributed by atoms with Gasteiger partial charge >= 0.3 is 0 Å². The topological polar surface area (TPSA) is 56.8 Å². The Morgan fingerprint density at radius 3 is 2.35 bits per heavy atom. The van der Waals surface area contributed by atoms with Gasteiger partial charge in [0.25, 0.3) is 0 Å². The van der Waals surface area contributed by atoms with Crippen LogP contribution in [0.4, 0.5) is 0 Å². The largest absolute Gasteiger partial charge is 0.497 e. The molecule has 2 aliphatic carbocycles. The lowest BCUT2D eigenvalue weighted by Crippen LogP contribution is -2.43. The molecule has 3 aromatic rings. The van der Waals surface area contributed by atoms with E-state index in [0.29, 0.717) is 10.9 Å². The molecule has 3 aromatic carbocycles. The average molecular weight is 473 g/mol. The zero-order valence-electron chi connectivity index (χ0n) is 19.6. The molecule has 0 radical (unpaired) electrons. The van der Waals surface area contributed by atoms with Gasteiger partial charge in [0.05, 0.1) is 7.11 Å². The summed E-state index contributed by atoms with van der Waals surface area (Å²) in [6.45, 7) is 2.01. The van der Waals surface area contributed by atoms with Crippen LogP contribution in [-0.2, 0) is 29.7 Å². The molecule has 2 atom stereocenters. The Bertz CT molecular complexity index is 1290. The first-order valence-corrected chi connectivity index (χ1v) is 12.4. The summed E-state index contributed by atoms with van der Waals surface area (Å²) in [6.07, 6.45) is 4.82. The molecule has 1 heterocycles. The molecule has 0 saturated carbocycles. The third-order valence-corrected chi connectivity index (χ3v) is 8.30. The predicted molar refractivity (Wildman–Crippen MR) is 137 cm³/mol. The smallest absolute Gasteiger partial charge is 0.193 e. The number of hydrogen-bond acceptors (Lipinski definition) is 4. The van der Waals surface area contributed by atoms with Crippen molar-refractivity contribution in [3.8, 4) is 16.9 Å². The van der Waals surface area contributed by atoms with Crippen molar-refractivity contribution in [2.45, 2.75) is 50.9 Å². The molecule has 0 bridgehead atoms. The first kappa shape index (κ1) is 21.7. The highest BCUT2D eigenvalue weighted by molar-refractivity contribution is 6.31. The van der Waals surface area contributed by atoms with E-state index in [2.05, 4.69) is 42.5 Å². The second-order valence-corrected chi connectivity index (χ2v) is 10.4. The van der Waals surface area contributed by atoms with Crippen molar-refractivity contribution in [1.29, 1.82) is 0 Å². The minimum absolute atomic E-state index is 0.131. The molecule has 34 heavy (non-hydrogen) atoms. The number of benzene rings is 3. The van der Waals surface area contributed by atoms with E-state index < -0.39 is 5.72 Å². The summed E-state index contributed by atoms with van der Waals surface area (Å²) in [5.41, 5.74) is 12.9. The molecule has 4 nitrogen and oxygen atoms in total. The average Bonchev–Trinajstić information content (AvgIpc) is 3.19. The molecule has 0 aromatic heterocycles. The summed E-state index contributed by atoms with van der Waals surface area (Å²) in [5, 5.41) is 0.649. The normalized spacial score (nSPS) is 24.6. The number of rotatable bonds is 2. The van der Waals surface area contributed by atoms with E-state index in [9.17, 15) is 0 Å². The van der Waals surface area contributed by atoms with E-state index in [0.717, 1.165) is 54.5 Å². The maximum absolute atomic E-state index is 6.78. The van der Waals surface area contributed by atoms with Crippen molar-refractivity contribution in [3.05, 3.63) is 87.9 Å². The number of ether oxygens (including phenoxy) is 2. The number of hydrogen-bond donors (Lipinski definition) is 1. The number of aryl methyl sites for hydroxylation is 2. The minimum atomic E-state index is -0.757. The van der Waals surface area contributed by atoms with Crippen molar-refractivity contribution in [1.82, 2.24) is 0 Å². The lowest BCUT2D eigenvalue weighted by molar-refractivity contribution is -0.130. The third kappa shape index (κ3) is 3.19. The van der Waals surface area contributed by atoms with Gasteiger partial charge in [-0.25, -0.2) is 4.99 Å². The third-order valence-electron chi connectivity index (χ3n) is 8.08. The molecule has 2 unspecified atom stereocenters. The second kappa shape index (κ2) is 7.86. The Labute approximate surface area is 205 Å². The van der Waals surface area contributed by atoms with Crippen LogP contribution < -0.4 is 10.5 Å². The van der Waals surface area contributed by atoms with Crippen molar-refractivity contribution in [2.24, 2.45) is 16.1 Å². The summed E-state index contributed by atoms with van der Waals surface area (Å²) < 4.78 is 12.2. The zero-order chi connectivity index (χ0) is 23.5. The fourth-order valence-electron chi connectivity index (χ4n) is 6.26. The Kier molecular flexibility index (Phi) is 5.02. The first-order chi connectivity index (χ1) is 16.4. The van der Waals surface area contributed by atoms with Gasteiger partial charge in [0, 0.05) is 16.0 Å².